The molecule has 0 fully saturated rings. The van der Waals surface area contributed by atoms with Gasteiger partial charge < -0.3 is 0 Å². The first-order valence-electron chi connectivity index (χ1n) is 4.28. The molecule has 2 rings (SSSR count). The van der Waals surface area contributed by atoms with E-state index in [4.69, 9.17) is 0 Å². The third kappa shape index (κ3) is 1.51. The molecule has 2 aromatic rings. The molecule has 0 unspecified atom stereocenters. The molecule has 0 spiro atoms. The Morgan fingerprint density at radius 3 is 1.29 bits per heavy atom. The Hall–Kier alpha value is -1.70. The summed E-state index contributed by atoms with van der Waals surface area (Å²) >= 11 is 0. The molecule has 0 radical (unpaired) electrons. The number of rotatable bonds is 1. The van der Waals surface area contributed by atoms with E-state index in [9.17, 15) is 8.78 Å². The van der Waals surface area contributed by atoms with Crippen LogP contribution in [0.2, 0.25) is 0 Å². The van der Waals surface area contributed by atoms with Crippen molar-refractivity contribution >= 4 is 0 Å². The summed E-state index contributed by atoms with van der Waals surface area (Å²) in [6.07, 6.45) is 0. The smallest absolute Gasteiger partial charge is 0.131 e. The van der Waals surface area contributed by atoms with Gasteiger partial charge in [-0.05, 0) is 12.1 Å². The molecule has 0 heterocycles. The van der Waals surface area contributed by atoms with Gasteiger partial charge in [0.1, 0.15) is 11.6 Å². The van der Waals surface area contributed by atoms with Gasteiger partial charge in [-0.1, -0.05) is 36.4 Å². The fraction of sp³-hybridized carbons (Fsp3) is 0. The maximum Gasteiger partial charge on any atom is 0.131 e. The summed E-state index contributed by atoms with van der Waals surface area (Å²) in [5, 5.41) is 0. The van der Waals surface area contributed by atoms with Crippen molar-refractivity contribution in [1.82, 2.24) is 0 Å². The summed E-state index contributed by atoms with van der Waals surface area (Å²) in [6.45, 7) is 0. The monoisotopic (exact) mass is 190 g/mol. The minimum Gasteiger partial charge on any atom is -0.206 e. The molecular weight excluding hydrogens is 182 g/mol. The lowest BCUT2D eigenvalue weighted by molar-refractivity contribution is 0.616. The highest BCUT2D eigenvalue weighted by Gasteiger charge is 2.07. The molecule has 70 valence electrons. The minimum absolute atomic E-state index is 0.297. The second-order valence-corrected chi connectivity index (χ2v) is 2.96. The van der Waals surface area contributed by atoms with E-state index in [0.29, 0.717) is 11.1 Å². The number of halogens is 2. The van der Waals surface area contributed by atoms with Gasteiger partial charge >= 0.3 is 0 Å². The lowest BCUT2D eigenvalue weighted by Crippen LogP contribution is -1.86. The zero-order valence-electron chi connectivity index (χ0n) is 7.37. The zero-order chi connectivity index (χ0) is 9.97. The van der Waals surface area contributed by atoms with Crippen molar-refractivity contribution in [2.45, 2.75) is 0 Å². The van der Waals surface area contributed by atoms with E-state index in [1.807, 2.05) is 0 Å². The quantitative estimate of drug-likeness (QED) is 0.644. The molecule has 0 saturated carbocycles. The molecule has 14 heavy (non-hydrogen) atoms. The summed E-state index contributed by atoms with van der Waals surface area (Å²) in [5.74, 6) is -0.810. The van der Waals surface area contributed by atoms with Gasteiger partial charge in [0.2, 0.25) is 0 Å². The van der Waals surface area contributed by atoms with E-state index in [2.05, 4.69) is 0 Å². The largest absolute Gasteiger partial charge is 0.206 e. The Labute approximate surface area is 80.8 Å². The summed E-state index contributed by atoms with van der Waals surface area (Å²) in [4.78, 5) is 0. The van der Waals surface area contributed by atoms with Crippen molar-refractivity contribution in [2.75, 3.05) is 0 Å². The standard InChI is InChI=1S/C12H8F2/c13-11-7-3-1-5-9(11)10-6-2-4-8-12(10)14/h1-8H. The molecule has 0 aliphatic rings. The van der Waals surface area contributed by atoms with Crippen molar-refractivity contribution in [2.24, 2.45) is 0 Å². The third-order valence-electron chi connectivity index (χ3n) is 2.04. The Balaban J connectivity index is 2.61. The molecule has 0 aromatic heterocycles. The van der Waals surface area contributed by atoms with Gasteiger partial charge in [-0.15, -0.1) is 0 Å². The molecule has 0 aliphatic carbocycles. The number of hydrogen-bond donors (Lipinski definition) is 0. The Kier molecular flexibility index (Phi) is 2.27. The maximum absolute atomic E-state index is 13.3. The predicted molar refractivity (Wildman–Crippen MR) is 51.8 cm³/mol. The van der Waals surface area contributed by atoms with E-state index in [1.54, 1.807) is 36.4 Å². The molecule has 2 aromatic carbocycles. The maximum atomic E-state index is 13.3. The number of hydrogen-bond acceptors (Lipinski definition) is 0. The highest BCUT2D eigenvalue weighted by atomic mass is 19.1. The van der Waals surface area contributed by atoms with Crippen molar-refractivity contribution in [3.8, 4) is 11.1 Å². The van der Waals surface area contributed by atoms with Gasteiger partial charge in [-0.3, -0.25) is 0 Å². The Bertz CT molecular complexity index is 406. The van der Waals surface area contributed by atoms with Crippen molar-refractivity contribution < 1.29 is 8.78 Å². The molecule has 0 atom stereocenters. The van der Waals surface area contributed by atoms with Crippen LogP contribution in [0.1, 0.15) is 0 Å². The van der Waals surface area contributed by atoms with E-state index in [0.717, 1.165) is 0 Å². The lowest BCUT2D eigenvalue weighted by atomic mass is 10.0. The lowest BCUT2D eigenvalue weighted by Gasteiger charge is -2.03. The summed E-state index contributed by atoms with van der Waals surface area (Å²) < 4.78 is 26.6. The molecular formula is C12H8F2. The van der Waals surface area contributed by atoms with Crippen molar-refractivity contribution in [1.29, 1.82) is 0 Å². The van der Waals surface area contributed by atoms with Gasteiger partial charge in [-0.25, -0.2) is 8.78 Å². The molecule has 0 amide bonds. The van der Waals surface area contributed by atoms with Crippen molar-refractivity contribution in [3.63, 3.8) is 0 Å². The fourth-order valence-electron chi connectivity index (χ4n) is 1.36. The highest BCUT2D eigenvalue weighted by Crippen LogP contribution is 2.24. The average molecular weight is 190 g/mol. The van der Waals surface area contributed by atoms with Crippen LogP contribution in [-0.4, -0.2) is 0 Å². The Morgan fingerprint density at radius 1 is 0.571 bits per heavy atom. The molecule has 0 nitrogen and oxygen atoms in total. The molecule has 2 heteroatoms. The van der Waals surface area contributed by atoms with Crippen LogP contribution >= 0.6 is 0 Å². The zero-order valence-corrected chi connectivity index (χ0v) is 7.37. The topological polar surface area (TPSA) is 0 Å². The first-order chi connectivity index (χ1) is 6.79. The van der Waals surface area contributed by atoms with Gasteiger partial charge in [0.25, 0.3) is 0 Å². The average Bonchev–Trinajstić information content (AvgIpc) is 2.20. The molecule has 0 saturated heterocycles. The van der Waals surface area contributed by atoms with Crippen LogP contribution in [0.25, 0.3) is 11.1 Å². The van der Waals surface area contributed by atoms with Gasteiger partial charge in [-0.2, -0.15) is 0 Å². The van der Waals surface area contributed by atoms with E-state index in [-0.39, 0.29) is 0 Å². The van der Waals surface area contributed by atoms with E-state index in [1.165, 1.54) is 12.1 Å². The fourth-order valence-corrected chi connectivity index (χ4v) is 1.36. The third-order valence-corrected chi connectivity index (χ3v) is 2.04. The van der Waals surface area contributed by atoms with Gasteiger partial charge in [0, 0.05) is 11.1 Å². The van der Waals surface area contributed by atoms with Gasteiger partial charge in [0.05, 0.1) is 0 Å². The first kappa shape index (κ1) is 8.88. The number of benzene rings is 2. The van der Waals surface area contributed by atoms with Crippen LogP contribution in [0.5, 0.6) is 0 Å². The van der Waals surface area contributed by atoms with E-state index >= 15 is 0 Å². The van der Waals surface area contributed by atoms with E-state index < -0.39 is 11.6 Å². The highest BCUT2D eigenvalue weighted by molar-refractivity contribution is 5.64. The minimum atomic E-state index is -0.405. The molecule has 0 N–H and O–H groups in total. The summed E-state index contributed by atoms with van der Waals surface area (Å²) in [5.41, 5.74) is 0.594. The molecule has 0 aliphatic heterocycles. The van der Waals surface area contributed by atoms with Crippen LogP contribution in [0, 0.1) is 11.6 Å². The van der Waals surface area contributed by atoms with Gasteiger partial charge in [0.15, 0.2) is 0 Å². The SMILES string of the molecule is Fc1ccccc1-c1ccccc1F. The second kappa shape index (κ2) is 3.58. The second-order valence-electron chi connectivity index (χ2n) is 2.96. The van der Waals surface area contributed by atoms with Crippen LogP contribution in [0.4, 0.5) is 8.78 Å². The van der Waals surface area contributed by atoms with Crippen LogP contribution in [-0.2, 0) is 0 Å². The summed E-state index contributed by atoms with van der Waals surface area (Å²) in [7, 11) is 0. The normalized spacial score (nSPS) is 10.1. The van der Waals surface area contributed by atoms with Crippen LogP contribution in [0.3, 0.4) is 0 Å². The Morgan fingerprint density at radius 2 is 0.929 bits per heavy atom. The van der Waals surface area contributed by atoms with Crippen molar-refractivity contribution in [3.05, 3.63) is 60.2 Å². The van der Waals surface area contributed by atoms with Crippen LogP contribution in [0.15, 0.2) is 48.5 Å². The summed E-state index contributed by atoms with van der Waals surface area (Å²) in [6, 6.07) is 12.3. The predicted octanol–water partition coefficient (Wildman–Crippen LogP) is 3.63. The first-order valence-corrected chi connectivity index (χ1v) is 4.28. The molecule has 0 bridgehead atoms. The van der Waals surface area contributed by atoms with Crippen LogP contribution < -0.4 is 0 Å².